The molecule has 0 amide bonds. The summed E-state index contributed by atoms with van der Waals surface area (Å²) >= 11 is 0. The van der Waals surface area contributed by atoms with Crippen LogP contribution in [0.15, 0.2) is 46.1 Å². The Hall–Kier alpha value is -2.03. The first-order valence-electron chi connectivity index (χ1n) is 16.4. The molecule has 0 spiro atoms. The van der Waals surface area contributed by atoms with Crippen molar-refractivity contribution >= 4 is 7.60 Å². The molecule has 1 aromatic heterocycles. The van der Waals surface area contributed by atoms with Gasteiger partial charge in [-0.15, -0.1) is 0 Å². The number of benzene rings is 1. The first kappa shape index (κ1) is 37.2. The van der Waals surface area contributed by atoms with Crippen LogP contribution in [-0.4, -0.2) is 45.1 Å². The molecule has 0 bridgehead atoms. The van der Waals surface area contributed by atoms with Gasteiger partial charge in [0.05, 0.1) is 13.2 Å². The van der Waals surface area contributed by atoms with Crippen molar-refractivity contribution in [2.24, 2.45) is 0 Å². The number of unbranched alkanes of at least 4 members (excludes halogenated alkanes) is 13. The van der Waals surface area contributed by atoms with Gasteiger partial charge in [0.15, 0.2) is 0 Å². The summed E-state index contributed by atoms with van der Waals surface area (Å²) in [5, 5.41) is 0. The highest BCUT2D eigenvalue weighted by atomic mass is 31.2. The van der Waals surface area contributed by atoms with E-state index in [0.29, 0.717) is 31.6 Å². The maximum Gasteiger partial charge on any atom is 0.350 e. The predicted octanol–water partition coefficient (Wildman–Crippen LogP) is 6.64. The molecule has 43 heavy (non-hydrogen) atoms. The minimum absolute atomic E-state index is 0.0592. The molecule has 9 nitrogen and oxygen atoms in total. The van der Waals surface area contributed by atoms with Crippen LogP contribution in [0.1, 0.15) is 114 Å². The lowest BCUT2D eigenvalue weighted by atomic mass is 10.0. The maximum atomic E-state index is 13.2. The van der Waals surface area contributed by atoms with Crippen LogP contribution in [0.5, 0.6) is 0 Å². The molecule has 244 valence electrons. The zero-order valence-electron chi connectivity index (χ0n) is 26.3. The molecule has 0 saturated carbocycles. The largest absolute Gasteiger partial charge is 0.381 e. The van der Waals surface area contributed by atoms with Crippen LogP contribution in [0.3, 0.4) is 0 Å². The number of ether oxygens (including phenoxy) is 2. The lowest BCUT2D eigenvalue weighted by Crippen LogP contribution is -2.42. The number of rotatable bonds is 26. The Bertz CT molecular complexity index is 1160. The first-order valence-corrected chi connectivity index (χ1v) is 18.2. The van der Waals surface area contributed by atoms with Crippen molar-refractivity contribution in [1.29, 1.82) is 0 Å². The van der Waals surface area contributed by atoms with Gasteiger partial charge in [0.1, 0.15) is 6.35 Å². The predicted molar refractivity (Wildman–Crippen MR) is 173 cm³/mol. The molecule has 2 aromatic rings. The molecular formula is C33H55N2O7P. The average Bonchev–Trinajstić information content (AvgIpc) is 2.98. The van der Waals surface area contributed by atoms with Crippen molar-refractivity contribution in [2.45, 2.75) is 123 Å². The van der Waals surface area contributed by atoms with Crippen molar-refractivity contribution in [2.75, 3.05) is 26.2 Å². The molecule has 0 aliphatic carbocycles. The fourth-order valence-corrected chi connectivity index (χ4v) is 5.55. The van der Waals surface area contributed by atoms with Crippen LogP contribution in [-0.2, 0) is 33.5 Å². The zero-order valence-corrected chi connectivity index (χ0v) is 27.2. The Labute approximate surface area is 257 Å². The van der Waals surface area contributed by atoms with Crippen molar-refractivity contribution < 1.29 is 23.8 Å². The number of hydrogen-bond donors (Lipinski definition) is 2. The summed E-state index contributed by atoms with van der Waals surface area (Å²) in [7, 11) is -4.29. The molecule has 0 unspecified atom stereocenters. The van der Waals surface area contributed by atoms with Gasteiger partial charge in [-0.2, -0.15) is 0 Å². The van der Waals surface area contributed by atoms with Crippen molar-refractivity contribution in [3.8, 4) is 0 Å². The molecular weight excluding hydrogens is 567 g/mol. The lowest BCUT2D eigenvalue weighted by Gasteiger charge is -2.14. The summed E-state index contributed by atoms with van der Waals surface area (Å²) in [4.78, 5) is 44.3. The minimum atomic E-state index is -4.29. The molecule has 0 aliphatic rings. The van der Waals surface area contributed by atoms with E-state index in [1.807, 2.05) is 30.3 Å². The van der Waals surface area contributed by atoms with Crippen LogP contribution >= 0.6 is 7.60 Å². The Morgan fingerprint density at radius 3 is 1.84 bits per heavy atom. The summed E-state index contributed by atoms with van der Waals surface area (Å²) in [6, 6.07) is 9.55. The number of hydrogen-bond acceptors (Lipinski definition) is 5. The van der Waals surface area contributed by atoms with Crippen molar-refractivity contribution in [1.82, 2.24) is 9.13 Å². The lowest BCUT2D eigenvalue weighted by molar-refractivity contribution is 0.123. The van der Waals surface area contributed by atoms with Gasteiger partial charge >= 0.3 is 13.3 Å². The normalized spacial score (nSPS) is 11.8. The highest BCUT2D eigenvalue weighted by molar-refractivity contribution is 7.51. The Morgan fingerprint density at radius 1 is 0.698 bits per heavy atom. The molecule has 0 atom stereocenters. The molecule has 2 rings (SSSR count). The van der Waals surface area contributed by atoms with Crippen molar-refractivity contribution in [3.63, 3.8) is 0 Å². The highest BCUT2D eigenvalue weighted by Crippen LogP contribution is 2.33. The minimum Gasteiger partial charge on any atom is -0.381 e. The standard InChI is InChI=1S/C33H55N2O7P/c1-2-3-4-5-6-7-8-9-10-11-12-13-14-18-24-41-25-19-22-35-32(36)31(27-30-20-16-15-17-21-30)28-34(33(35)37)23-26-42-29-43(38,39)40/h15-17,20-21,28H,2-14,18-19,22-27,29H2,1H3,(H2,38,39,40). The van der Waals surface area contributed by atoms with Crippen molar-refractivity contribution in [3.05, 3.63) is 68.5 Å². The maximum absolute atomic E-state index is 13.2. The van der Waals surface area contributed by atoms with Crippen LogP contribution in [0.25, 0.3) is 0 Å². The average molecular weight is 623 g/mol. The molecule has 0 fully saturated rings. The SMILES string of the molecule is CCCCCCCCCCCCCCCCOCCCn1c(=O)c(Cc2ccccc2)cn(CCOCP(=O)(O)O)c1=O. The fourth-order valence-electron chi connectivity index (χ4n) is 5.18. The van der Waals surface area contributed by atoms with E-state index in [-0.39, 0.29) is 25.3 Å². The smallest absolute Gasteiger partial charge is 0.350 e. The third-order valence-corrected chi connectivity index (χ3v) is 8.11. The third kappa shape index (κ3) is 17.1. The van der Waals surface area contributed by atoms with Crippen LogP contribution < -0.4 is 11.2 Å². The second-order valence-electron chi connectivity index (χ2n) is 11.5. The highest BCUT2D eigenvalue weighted by Gasteiger charge is 2.15. The van der Waals surface area contributed by atoms with Gasteiger partial charge in [0.2, 0.25) is 0 Å². The zero-order chi connectivity index (χ0) is 31.2. The van der Waals surface area contributed by atoms with Gasteiger partial charge in [-0.1, -0.05) is 121 Å². The molecule has 0 saturated heterocycles. The quantitative estimate of drug-likeness (QED) is 0.0891. The van der Waals surface area contributed by atoms with Gasteiger partial charge in [-0.05, 0) is 18.4 Å². The van der Waals surface area contributed by atoms with E-state index in [0.717, 1.165) is 18.4 Å². The molecule has 1 aromatic carbocycles. The van der Waals surface area contributed by atoms with E-state index in [1.165, 1.54) is 92.4 Å². The van der Waals surface area contributed by atoms with E-state index >= 15 is 0 Å². The second kappa shape index (κ2) is 22.5. The second-order valence-corrected chi connectivity index (χ2v) is 13.1. The Kier molecular flexibility index (Phi) is 19.4. The topological polar surface area (TPSA) is 120 Å². The summed E-state index contributed by atoms with van der Waals surface area (Å²) in [5.41, 5.74) is 0.636. The fraction of sp³-hybridized carbons (Fsp3) is 0.697. The van der Waals surface area contributed by atoms with E-state index < -0.39 is 19.6 Å². The summed E-state index contributed by atoms with van der Waals surface area (Å²) < 4.78 is 24.5. The van der Waals surface area contributed by atoms with Gasteiger partial charge in [0, 0.05) is 37.9 Å². The molecule has 2 N–H and O–H groups in total. The molecule has 0 radical (unpaired) electrons. The summed E-state index contributed by atoms with van der Waals surface area (Å²) in [5.74, 6) is 0. The molecule has 1 heterocycles. The van der Waals surface area contributed by atoms with Gasteiger partial charge in [-0.25, -0.2) is 4.79 Å². The monoisotopic (exact) mass is 622 g/mol. The van der Waals surface area contributed by atoms with Gasteiger partial charge in [-0.3, -0.25) is 18.5 Å². The first-order chi connectivity index (χ1) is 20.8. The molecule has 10 heteroatoms. The Morgan fingerprint density at radius 2 is 1.26 bits per heavy atom. The van der Waals surface area contributed by atoms with E-state index in [9.17, 15) is 14.2 Å². The Balaban J connectivity index is 1.69. The molecule has 0 aliphatic heterocycles. The number of aromatic nitrogens is 2. The van der Waals surface area contributed by atoms with E-state index in [4.69, 9.17) is 19.3 Å². The van der Waals surface area contributed by atoms with Crippen LogP contribution in [0.2, 0.25) is 0 Å². The van der Waals surface area contributed by atoms with E-state index in [1.54, 1.807) is 0 Å². The summed E-state index contributed by atoms with van der Waals surface area (Å²) in [6.45, 7) is 3.67. The summed E-state index contributed by atoms with van der Waals surface area (Å²) in [6.07, 6.45) is 20.1. The van der Waals surface area contributed by atoms with Gasteiger partial charge < -0.3 is 19.3 Å². The van der Waals surface area contributed by atoms with E-state index in [2.05, 4.69) is 6.92 Å². The third-order valence-electron chi connectivity index (χ3n) is 7.59. The number of nitrogens with zero attached hydrogens (tertiary/aromatic N) is 2. The van der Waals surface area contributed by atoms with Crippen LogP contribution in [0.4, 0.5) is 0 Å². The van der Waals surface area contributed by atoms with Gasteiger partial charge in [0.25, 0.3) is 5.56 Å². The van der Waals surface area contributed by atoms with Crippen LogP contribution in [0, 0.1) is 0 Å².